The molecule has 0 amide bonds. The van der Waals surface area contributed by atoms with E-state index in [-0.39, 0.29) is 0 Å². The van der Waals surface area contributed by atoms with E-state index in [2.05, 4.69) is 11.9 Å². The molecule has 0 spiro atoms. The van der Waals surface area contributed by atoms with E-state index in [1.165, 1.54) is 18.4 Å². The highest BCUT2D eigenvalue weighted by atomic mass is 35.5. The third-order valence-corrected chi connectivity index (χ3v) is 3.98. The Bertz CT molecular complexity index is 354. The second kappa shape index (κ2) is 5.15. The third kappa shape index (κ3) is 2.74. The number of pyridine rings is 1. The van der Waals surface area contributed by atoms with Crippen molar-refractivity contribution >= 4 is 11.6 Å². The highest BCUT2D eigenvalue weighted by molar-refractivity contribution is 6.31. The van der Waals surface area contributed by atoms with Crippen LogP contribution >= 0.6 is 11.6 Å². The summed E-state index contributed by atoms with van der Waals surface area (Å²) in [4.78, 5) is 4.01. The van der Waals surface area contributed by atoms with Crippen LogP contribution in [0.2, 0.25) is 5.02 Å². The number of rotatable bonds is 2. The molecule has 1 aliphatic rings. The van der Waals surface area contributed by atoms with Crippen LogP contribution in [0.3, 0.4) is 0 Å². The second-order valence-corrected chi connectivity index (χ2v) is 5.42. The predicted octanol–water partition coefficient (Wildman–Crippen LogP) is 3.04. The number of halogens is 1. The van der Waals surface area contributed by atoms with Gasteiger partial charge in [0.05, 0.1) is 5.02 Å². The van der Waals surface area contributed by atoms with E-state index in [9.17, 15) is 0 Å². The van der Waals surface area contributed by atoms with Crippen LogP contribution in [0.4, 0.5) is 0 Å². The van der Waals surface area contributed by atoms with Gasteiger partial charge in [-0.1, -0.05) is 18.5 Å². The first-order chi connectivity index (χ1) is 7.66. The Balaban J connectivity index is 2.06. The van der Waals surface area contributed by atoms with Gasteiger partial charge < -0.3 is 5.73 Å². The van der Waals surface area contributed by atoms with E-state index in [1.54, 1.807) is 12.4 Å². The lowest BCUT2D eigenvalue weighted by Crippen LogP contribution is -2.36. The molecule has 0 aliphatic heterocycles. The molecular weight excluding hydrogens is 220 g/mol. The molecule has 1 aromatic heterocycles. The molecule has 16 heavy (non-hydrogen) atoms. The summed E-state index contributed by atoms with van der Waals surface area (Å²) in [6.45, 7) is 2.31. The van der Waals surface area contributed by atoms with Crippen molar-refractivity contribution in [2.75, 3.05) is 0 Å². The summed E-state index contributed by atoms with van der Waals surface area (Å²) < 4.78 is 0. The SMILES string of the molecule is CC1CCC(N)C(Cc2ccncc2Cl)C1. The average Bonchev–Trinajstić information content (AvgIpc) is 2.27. The first kappa shape index (κ1) is 11.9. The Hall–Kier alpha value is -0.600. The van der Waals surface area contributed by atoms with E-state index >= 15 is 0 Å². The monoisotopic (exact) mass is 238 g/mol. The zero-order valence-electron chi connectivity index (χ0n) is 9.70. The summed E-state index contributed by atoms with van der Waals surface area (Å²) in [6, 6.07) is 2.34. The van der Waals surface area contributed by atoms with Gasteiger partial charge in [-0.25, -0.2) is 0 Å². The quantitative estimate of drug-likeness (QED) is 0.860. The van der Waals surface area contributed by atoms with Crippen LogP contribution in [0.1, 0.15) is 31.7 Å². The normalized spacial score (nSPS) is 30.3. The molecule has 1 heterocycles. The molecule has 2 nitrogen and oxygen atoms in total. The summed E-state index contributed by atoms with van der Waals surface area (Å²) in [7, 11) is 0. The maximum Gasteiger partial charge on any atom is 0.0621 e. The summed E-state index contributed by atoms with van der Waals surface area (Å²) >= 11 is 6.12. The fraction of sp³-hybridized carbons (Fsp3) is 0.615. The van der Waals surface area contributed by atoms with Crippen molar-refractivity contribution in [1.29, 1.82) is 0 Å². The van der Waals surface area contributed by atoms with Crippen LogP contribution in [-0.4, -0.2) is 11.0 Å². The minimum absolute atomic E-state index is 0.334. The van der Waals surface area contributed by atoms with Gasteiger partial charge in [0.2, 0.25) is 0 Å². The van der Waals surface area contributed by atoms with Gasteiger partial charge in [0, 0.05) is 18.4 Å². The smallest absolute Gasteiger partial charge is 0.0621 e. The number of nitrogens with zero attached hydrogens (tertiary/aromatic N) is 1. The minimum atomic E-state index is 0.334. The molecule has 3 atom stereocenters. The van der Waals surface area contributed by atoms with Gasteiger partial charge in [-0.15, -0.1) is 0 Å². The summed E-state index contributed by atoms with van der Waals surface area (Å²) in [6.07, 6.45) is 8.15. The highest BCUT2D eigenvalue weighted by Crippen LogP contribution is 2.31. The Morgan fingerprint density at radius 1 is 1.50 bits per heavy atom. The van der Waals surface area contributed by atoms with E-state index < -0.39 is 0 Å². The van der Waals surface area contributed by atoms with Gasteiger partial charge in [-0.05, 0) is 49.1 Å². The molecule has 3 unspecified atom stereocenters. The number of hydrogen-bond acceptors (Lipinski definition) is 2. The third-order valence-electron chi connectivity index (χ3n) is 3.64. The molecular formula is C13H19ClN2. The van der Waals surface area contributed by atoms with Crippen LogP contribution in [0, 0.1) is 11.8 Å². The molecule has 0 bridgehead atoms. The molecule has 2 N–H and O–H groups in total. The van der Waals surface area contributed by atoms with Crippen molar-refractivity contribution in [3.8, 4) is 0 Å². The molecule has 0 saturated heterocycles. The lowest BCUT2D eigenvalue weighted by atomic mass is 9.76. The summed E-state index contributed by atoms with van der Waals surface area (Å²) in [5.41, 5.74) is 7.37. The molecule has 2 rings (SSSR count). The predicted molar refractivity (Wildman–Crippen MR) is 67.4 cm³/mol. The maximum atomic E-state index is 6.18. The van der Waals surface area contributed by atoms with Crippen molar-refractivity contribution in [2.45, 2.75) is 38.6 Å². The molecule has 88 valence electrons. The van der Waals surface area contributed by atoms with Gasteiger partial charge >= 0.3 is 0 Å². The minimum Gasteiger partial charge on any atom is -0.327 e. The first-order valence-corrected chi connectivity index (χ1v) is 6.38. The van der Waals surface area contributed by atoms with Crippen molar-refractivity contribution < 1.29 is 0 Å². The lowest BCUT2D eigenvalue weighted by Gasteiger charge is -2.32. The average molecular weight is 239 g/mol. The van der Waals surface area contributed by atoms with E-state index in [1.807, 2.05) is 6.07 Å². The van der Waals surface area contributed by atoms with Crippen LogP contribution in [0.25, 0.3) is 0 Å². The van der Waals surface area contributed by atoms with E-state index in [0.717, 1.165) is 23.8 Å². The largest absolute Gasteiger partial charge is 0.327 e. The first-order valence-electron chi connectivity index (χ1n) is 6.00. The fourth-order valence-corrected chi connectivity index (χ4v) is 2.81. The Morgan fingerprint density at radius 2 is 2.31 bits per heavy atom. The van der Waals surface area contributed by atoms with Crippen LogP contribution in [0.15, 0.2) is 18.5 Å². The molecule has 1 aromatic rings. The molecule has 0 radical (unpaired) electrons. The van der Waals surface area contributed by atoms with Crippen LogP contribution < -0.4 is 5.73 Å². The van der Waals surface area contributed by atoms with Gasteiger partial charge in [0.1, 0.15) is 0 Å². The molecule has 1 saturated carbocycles. The number of aromatic nitrogens is 1. The highest BCUT2D eigenvalue weighted by Gasteiger charge is 2.26. The second-order valence-electron chi connectivity index (χ2n) is 5.01. The van der Waals surface area contributed by atoms with Crippen LogP contribution in [0.5, 0.6) is 0 Å². The fourth-order valence-electron chi connectivity index (χ4n) is 2.61. The van der Waals surface area contributed by atoms with Gasteiger partial charge in [-0.3, -0.25) is 4.98 Å². The van der Waals surface area contributed by atoms with Crippen molar-refractivity contribution in [3.05, 3.63) is 29.0 Å². The summed E-state index contributed by atoms with van der Waals surface area (Å²) in [5.74, 6) is 1.37. The number of nitrogens with two attached hydrogens (primary N) is 1. The van der Waals surface area contributed by atoms with Gasteiger partial charge in [-0.2, -0.15) is 0 Å². The summed E-state index contributed by atoms with van der Waals surface area (Å²) in [5, 5.41) is 0.771. The Labute approximate surface area is 102 Å². The number of hydrogen-bond donors (Lipinski definition) is 1. The zero-order chi connectivity index (χ0) is 11.5. The molecule has 3 heteroatoms. The molecule has 0 aromatic carbocycles. The van der Waals surface area contributed by atoms with E-state index in [0.29, 0.717) is 12.0 Å². The van der Waals surface area contributed by atoms with Crippen molar-refractivity contribution in [1.82, 2.24) is 4.98 Å². The van der Waals surface area contributed by atoms with Crippen molar-refractivity contribution in [2.24, 2.45) is 17.6 Å². The Morgan fingerprint density at radius 3 is 3.06 bits per heavy atom. The maximum absolute atomic E-state index is 6.18. The van der Waals surface area contributed by atoms with Crippen LogP contribution in [-0.2, 0) is 6.42 Å². The van der Waals surface area contributed by atoms with Crippen molar-refractivity contribution in [3.63, 3.8) is 0 Å². The Kier molecular flexibility index (Phi) is 3.82. The van der Waals surface area contributed by atoms with Gasteiger partial charge in [0.15, 0.2) is 0 Å². The van der Waals surface area contributed by atoms with Gasteiger partial charge in [0.25, 0.3) is 0 Å². The molecule has 1 fully saturated rings. The standard InChI is InChI=1S/C13H19ClN2/c1-9-2-3-13(15)11(6-9)7-10-4-5-16-8-12(10)14/h4-5,8-9,11,13H,2-3,6-7,15H2,1H3. The zero-order valence-corrected chi connectivity index (χ0v) is 10.5. The molecule has 1 aliphatic carbocycles. The topological polar surface area (TPSA) is 38.9 Å². The van der Waals surface area contributed by atoms with E-state index in [4.69, 9.17) is 17.3 Å². The lowest BCUT2D eigenvalue weighted by molar-refractivity contribution is 0.245.